The van der Waals surface area contributed by atoms with E-state index in [9.17, 15) is 0 Å². The molecule has 0 spiro atoms. The van der Waals surface area contributed by atoms with Crippen molar-refractivity contribution in [1.82, 2.24) is 0 Å². The normalized spacial score (nSPS) is 10.5. The first kappa shape index (κ1) is 13.6. The topological polar surface area (TPSA) is 0 Å². The lowest BCUT2D eigenvalue weighted by Gasteiger charge is -2.07. The monoisotopic (exact) mass is 386 g/mol. The summed E-state index contributed by atoms with van der Waals surface area (Å²) in [6.07, 6.45) is 0. The molecule has 0 amide bonds. The van der Waals surface area contributed by atoms with Crippen LogP contribution in [-0.2, 0) is 0 Å². The maximum absolute atomic E-state index is 3.53. The van der Waals surface area contributed by atoms with Crippen molar-refractivity contribution in [2.75, 3.05) is 0 Å². The first-order valence-corrected chi connectivity index (χ1v) is 7.93. The number of hydrogen-bond acceptors (Lipinski definition) is 0. The van der Waals surface area contributed by atoms with Crippen molar-refractivity contribution in [3.8, 4) is 22.3 Å². The molecule has 0 atom stereocenters. The molecule has 20 heavy (non-hydrogen) atoms. The summed E-state index contributed by atoms with van der Waals surface area (Å²) in [7, 11) is 0. The Morgan fingerprint density at radius 3 is 1.20 bits per heavy atom. The summed E-state index contributed by atoms with van der Waals surface area (Å²) in [4.78, 5) is 0. The Kier molecular flexibility index (Phi) is 4.04. The maximum Gasteiger partial charge on any atom is 0.0181 e. The van der Waals surface area contributed by atoms with Gasteiger partial charge in [-0.15, -0.1) is 0 Å². The Morgan fingerprint density at radius 1 is 0.450 bits per heavy atom. The van der Waals surface area contributed by atoms with E-state index < -0.39 is 0 Å². The van der Waals surface area contributed by atoms with Crippen LogP contribution < -0.4 is 0 Å². The number of rotatable bonds is 2. The average Bonchev–Trinajstić information content (AvgIpc) is 2.47. The molecular weight excluding hydrogens is 376 g/mol. The third-order valence-corrected chi connectivity index (χ3v) is 4.16. The van der Waals surface area contributed by atoms with Crippen molar-refractivity contribution in [2.24, 2.45) is 0 Å². The predicted molar refractivity (Wildman–Crippen MR) is 92.7 cm³/mol. The van der Waals surface area contributed by atoms with E-state index >= 15 is 0 Å². The van der Waals surface area contributed by atoms with E-state index in [-0.39, 0.29) is 0 Å². The second-order valence-corrected chi connectivity index (χ2v) is 6.43. The van der Waals surface area contributed by atoms with Crippen molar-refractivity contribution >= 4 is 31.9 Å². The minimum Gasteiger partial charge on any atom is -0.0610 e. The van der Waals surface area contributed by atoms with Crippen LogP contribution in [-0.4, -0.2) is 0 Å². The highest BCUT2D eigenvalue weighted by atomic mass is 79.9. The average molecular weight is 388 g/mol. The van der Waals surface area contributed by atoms with Gasteiger partial charge in [-0.2, -0.15) is 0 Å². The smallest absolute Gasteiger partial charge is 0.0181 e. The Balaban J connectivity index is 2.06. The summed E-state index contributed by atoms with van der Waals surface area (Å²) in [5, 5.41) is 0. The van der Waals surface area contributed by atoms with Gasteiger partial charge in [0.25, 0.3) is 0 Å². The van der Waals surface area contributed by atoms with Crippen molar-refractivity contribution in [3.05, 3.63) is 81.7 Å². The molecule has 0 nitrogen and oxygen atoms in total. The highest BCUT2D eigenvalue weighted by Gasteiger charge is 2.02. The molecule has 3 aromatic rings. The molecule has 0 aliphatic heterocycles. The lowest BCUT2D eigenvalue weighted by Crippen LogP contribution is -1.81. The van der Waals surface area contributed by atoms with Crippen molar-refractivity contribution in [2.45, 2.75) is 0 Å². The lowest BCUT2D eigenvalue weighted by atomic mass is 9.99. The van der Waals surface area contributed by atoms with Gasteiger partial charge in [0, 0.05) is 8.95 Å². The zero-order valence-corrected chi connectivity index (χ0v) is 13.9. The van der Waals surface area contributed by atoms with Crippen LogP contribution in [0.5, 0.6) is 0 Å². The minimum absolute atomic E-state index is 1.10. The van der Waals surface area contributed by atoms with Crippen LogP contribution in [0.3, 0.4) is 0 Å². The van der Waals surface area contributed by atoms with Crippen LogP contribution in [0.1, 0.15) is 0 Å². The van der Waals surface area contributed by atoms with Gasteiger partial charge in [0.2, 0.25) is 0 Å². The third kappa shape index (κ3) is 3.02. The molecule has 0 N–H and O–H groups in total. The predicted octanol–water partition coefficient (Wildman–Crippen LogP) is 6.55. The molecule has 0 aliphatic carbocycles. The van der Waals surface area contributed by atoms with Crippen LogP contribution in [0, 0.1) is 0 Å². The molecule has 0 aromatic heterocycles. The largest absolute Gasteiger partial charge is 0.0610 e. The van der Waals surface area contributed by atoms with Crippen molar-refractivity contribution < 1.29 is 0 Å². The highest BCUT2D eigenvalue weighted by molar-refractivity contribution is 9.10. The Bertz CT molecular complexity index is 687. The van der Waals surface area contributed by atoms with Gasteiger partial charge in [-0.25, -0.2) is 0 Å². The summed E-state index contributed by atoms with van der Waals surface area (Å²) < 4.78 is 2.20. The molecule has 0 aliphatic rings. The van der Waals surface area contributed by atoms with Gasteiger partial charge in [0.1, 0.15) is 0 Å². The molecule has 3 rings (SSSR count). The SMILES string of the molecule is Brc1cccc(-c2cccc(-c3cccc(Br)c3)c2)c1. The fourth-order valence-corrected chi connectivity index (χ4v) is 3.01. The van der Waals surface area contributed by atoms with Gasteiger partial charge in [-0.1, -0.05) is 74.3 Å². The van der Waals surface area contributed by atoms with E-state index in [1.54, 1.807) is 0 Å². The second kappa shape index (κ2) is 5.94. The Hall–Kier alpha value is -1.38. The number of halogens is 2. The van der Waals surface area contributed by atoms with Crippen LogP contribution in [0.4, 0.5) is 0 Å². The molecule has 2 heteroatoms. The number of hydrogen-bond donors (Lipinski definition) is 0. The molecule has 0 heterocycles. The van der Waals surface area contributed by atoms with Gasteiger partial charge in [0.05, 0.1) is 0 Å². The van der Waals surface area contributed by atoms with Crippen LogP contribution in [0.25, 0.3) is 22.3 Å². The minimum atomic E-state index is 1.10. The Labute approximate surface area is 135 Å². The first-order chi connectivity index (χ1) is 9.72. The van der Waals surface area contributed by atoms with E-state index in [1.807, 2.05) is 12.1 Å². The Morgan fingerprint density at radius 2 is 0.800 bits per heavy atom. The van der Waals surface area contributed by atoms with Crippen LogP contribution in [0.2, 0.25) is 0 Å². The molecule has 3 aromatic carbocycles. The lowest BCUT2D eigenvalue weighted by molar-refractivity contribution is 1.56. The van der Waals surface area contributed by atoms with Crippen molar-refractivity contribution in [3.63, 3.8) is 0 Å². The summed E-state index contributed by atoms with van der Waals surface area (Å²) in [6, 6.07) is 25.4. The van der Waals surface area contributed by atoms with Crippen LogP contribution in [0.15, 0.2) is 81.7 Å². The maximum atomic E-state index is 3.53. The fraction of sp³-hybridized carbons (Fsp3) is 0. The number of benzene rings is 3. The second-order valence-electron chi connectivity index (χ2n) is 4.60. The quantitative estimate of drug-likeness (QED) is 0.467. The molecule has 0 unspecified atom stereocenters. The molecule has 0 bridgehead atoms. The zero-order chi connectivity index (χ0) is 13.9. The summed E-state index contributed by atoms with van der Waals surface area (Å²) in [5.74, 6) is 0. The molecule has 0 fully saturated rings. The molecule has 0 saturated carbocycles. The molecule has 0 saturated heterocycles. The van der Waals surface area contributed by atoms with E-state index in [1.165, 1.54) is 22.3 Å². The summed E-state index contributed by atoms with van der Waals surface area (Å²) in [5.41, 5.74) is 4.89. The van der Waals surface area contributed by atoms with Gasteiger partial charge in [0.15, 0.2) is 0 Å². The van der Waals surface area contributed by atoms with Gasteiger partial charge in [-0.3, -0.25) is 0 Å². The summed E-state index contributed by atoms with van der Waals surface area (Å²) in [6.45, 7) is 0. The van der Waals surface area contributed by atoms with Gasteiger partial charge >= 0.3 is 0 Å². The fourth-order valence-electron chi connectivity index (χ4n) is 2.21. The molecule has 98 valence electrons. The van der Waals surface area contributed by atoms with Gasteiger partial charge < -0.3 is 0 Å². The third-order valence-electron chi connectivity index (χ3n) is 3.18. The molecular formula is C18H12Br2. The van der Waals surface area contributed by atoms with E-state index in [0.717, 1.165) is 8.95 Å². The standard InChI is InChI=1S/C18H12Br2/c19-17-8-2-6-15(11-17)13-4-1-5-14(10-13)16-7-3-9-18(20)12-16/h1-12H. The van der Waals surface area contributed by atoms with Crippen molar-refractivity contribution in [1.29, 1.82) is 0 Å². The van der Waals surface area contributed by atoms with Crippen LogP contribution >= 0.6 is 31.9 Å². The van der Waals surface area contributed by atoms with E-state index in [4.69, 9.17) is 0 Å². The first-order valence-electron chi connectivity index (χ1n) is 6.34. The van der Waals surface area contributed by atoms with Gasteiger partial charge in [-0.05, 0) is 52.6 Å². The van der Waals surface area contributed by atoms with E-state index in [2.05, 4.69) is 92.5 Å². The zero-order valence-electron chi connectivity index (χ0n) is 10.7. The summed E-state index contributed by atoms with van der Waals surface area (Å²) >= 11 is 7.05. The molecule has 0 radical (unpaired) electrons. The van der Waals surface area contributed by atoms with E-state index in [0.29, 0.717) is 0 Å². The highest BCUT2D eigenvalue weighted by Crippen LogP contribution is 2.29.